The third kappa shape index (κ3) is 2.70. The van der Waals surface area contributed by atoms with Gasteiger partial charge in [0.25, 0.3) is 5.91 Å². The number of carbonyl (C=O) groups is 1. The van der Waals surface area contributed by atoms with E-state index in [1.54, 1.807) is 0 Å². The van der Waals surface area contributed by atoms with E-state index < -0.39 is 0 Å². The van der Waals surface area contributed by atoms with Gasteiger partial charge in [0.2, 0.25) is 0 Å². The molecule has 3 aromatic heterocycles. The summed E-state index contributed by atoms with van der Waals surface area (Å²) in [6, 6.07) is 17.5. The molecular formula is C21H19N5O. The van der Waals surface area contributed by atoms with E-state index in [1.807, 2.05) is 87.1 Å². The van der Waals surface area contributed by atoms with Gasteiger partial charge in [0.1, 0.15) is 0 Å². The van der Waals surface area contributed by atoms with E-state index in [1.165, 1.54) is 0 Å². The Morgan fingerprint density at radius 2 is 1.70 bits per heavy atom. The molecular weight excluding hydrogens is 338 g/mol. The third-order valence-electron chi connectivity index (χ3n) is 5.17. The van der Waals surface area contributed by atoms with Crippen LogP contribution in [0.2, 0.25) is 0 Å². The van der Waals surface area contributed by atoms with E-state index in [4.69, 9.17) is 0 Å². The number of likely N-dealkylation sites (tertiary alicyclic amines) is 1. The number of carbonyl (C=O) groups excluding carboxylic acids is 1. The second kappa shape index (κ2) is 6.39. The molecule has 1 fully saturated rings. The van der Waals surface area contributed by atoms with Gasteiger partial charge in [-0.15, -0.1) is 10.2 Å². The highest BCUT2D eigenvalue weighted by atomic mass is 16.2. The molecule has 6 heteroatoms. The van der Waals surface area contributed by atoms with Crippen LogP contribution in [0.5, 0.6) is 0 Å². The van der Waals surface area contributed by atoms with E-state index in [2.05, 4.69) is 10.2 Å². The van der Waals surface area contributed by atoms with Crippen molar-refractivity contribution in [1.29, 1.82) is 0 Å². The molecule has 4 aromatic rings. The molecule has 0 spiro atoms. The molecule has 5 rings (SSSR count). The minimum absolute atomic E-state index is 0.0426. The monoisotopic (exact) mass is 357 g/mol. The van der Waals surface area contributed by atoms with Gasteiger partial charge in [-0.2, -0.15) is 0 Å². The smallest absolute Gasteiger partial charge is 0.254 e. The molecule has 1 amide bonds. The zero-order chi connectivity index (χ0) is 18.2. The maximum Gasteiger partial charge on any atom is 0.254 e. The molecule has 27 heavy (non-hydrogen) atoms. The highest BCUT2D eigenvalue weighted by Crippen LogP contribution is 2.32. The van der Waals surface area contributed by atoms with Crippen LogP contribution in [0, 0.1) is 0 Å². The first-order valence-electron chi connectivity index (χ1n) is 9.15. The highest BCUT2D eigenvalue weighted by molar-refractivity contribution is 5.94. The Morgan fingerprint density at radius 1 is 0.926 bits per heavy atom. The number of rotatable bonds is 3. The quantitative estimate of drug-likeness (QED) is 0.564. The van der Waals surface area contributed by atoms with Crippen molar-refractivity contribution in [3.05, 3.63) is 84.6 Å². The first kappa shape index (κ1) is 15.8. The van der Waals surface area contributed by atoms with Gasteiger partial charge >= 0.3 is 0 Å². The average molecular weight is 357 g/mol. The first-order valence-corrected chi connectivity index (χ1v) is 9.15. The molecule has 0 unspecified atom stereocenters. The third-order valence-corrected chi connectivity index (χ3v) is 5.17. The second-order valence-corrected chi connectivity index (χ2v) is 6.78. The van der Waals surface area contributed by atoms with Crippen LogP contribution in [0.1, 0.15) is 35.1 Å². The highest BCUT2D eigenvalue weighted by Gasteiger charge is 2.33. The van der Waals surface area contributed by atoms with E-state index in [0.29, 0.717) is 5.56 Å². The second-order valence-electron chi connectivity index (χ2n) is 6.78. The summed E-state index contributed by atoms with van der Waals surface area (Å²) in [6.45, 7) is 0.741. The van der Waals surface area contributed by atoms with Gasteiger partial charge in [0, 0.05) is 36.4 Å². The van der Waals surface area contributed by atoms with Gasteiger partial charge in [0.05, 0.1) is 6.04 Å². The maximum absolute atomic E-state index is 13.1. The van der Waals surface area contributed by atoms with Crippen molar-refractivity contribution in [2.75, 3.05) is 6.54 Å². The molecule has 0 aliphatic carbocycles. The van der Waals surface area contributed by atoms with E-state index in [-0.39, 0.29) is 11.9 Å². The zero-order valence-corrected chi connectivity index (χ0v) is 14.8. The van der Waals surface area contributed by atoms with Gasteiger partial charge in [-0.1, -0.05) is 6.07 Å². The number of hydrogen-bond acceptors (Lipinski definition) is 3. The molecule has 4 heterocycles. The van der Waals surface area contributed by atoms with Gasteiger partial charge < -0.3 is 9.47 Å². The van der Waals surface area contributed by atoms with E-state index >= 15 is 0 Å². The average Bonchev–Trinajstić information content (AvgIpc) is 3.47. The van der Waals surface area contributed by atoms with Crippen LogP contribution < -0.4 is 0 Å². The zero-order valence-electron chi connectivity index (χ0n) is 14.8. The fourth-order valence-electron chi connectivity index (χ4n) is 3.81. The largest absolute Gasteiger partial charge is 0.328 e. The van der Waals surface area contributed by atoms with E-state index in [0.717, 1.165) is 36.5 Å². The van der Waals surface area contributed by atoms with Crippen molar-refractivity contribution in [3.63, 3.8) is 0 Å². The summed E-state index contributed by atoms with van der Waals surface area (Å²) in [5, 5.41) is 8.61. The van der Waals surface area contributed by atoms with Crippen LogP contribution >= 0.6 is 0 Å². The molecule has 134 valence electrons. The Balaban J connectivity index is 1.44. The number of nitrogens with zero attached hydrogens (tertiary/aromatic N) is 5. The van der Waals surface area contributed by atoms with Crippen LogP contribution in [0.3, 0.4) is 0 Å². The molecule has 0 saturated carbocycles. The van der Waals surface area contributed by atoms with E-state index in [9.17, 15) is 4.79 Å². The van der Waals surface area contributed by atoms with Gasteiger partial charge in [0.15, 0.2) is 11.5 Å². The van der Waals surface area contributed by atoms with Crippen LogP contribution in [-0.4, -0.2) is 36.5 Å². The summed E-state index contributed by atoms with van der Waals surface area (Å²) in [6.07, 6.45) is 7.81. The van der Waals surface area contributed by atoms with Crippen molar-refractivity contribution in [3.8, 4) is 5.69 Å². The summed E-state index contributed by atoms with van der Waals surface area (Å²) < 4.78 is 4.00. The number of fused-ring (bicyclic) bond motifs is 1. The van der Waals surface area contributed by atoms with Crippen molar-refractivity contribution in [2.24, 2.45) is 0 Å². The minimum atomic E-state index is -0.0426. The number of pyridine rings is 1. The number of hydrogen-bond donors (Lipinski definition) is 0. The normalized spacial score (nSPS) is 16.9. The van der Waals surface area contributed by atoms with Crippen molar-refractivity contribution in [1.82, 2.24) is 24.1 Å². The van der Waals surface area contributed by atoms with Crippen LogP contribution in [0.4, 0.5) is 0 Å². The van der Waals surface area contributed by atoms with Gasteiger partial charge in [-0.05, 0) is 61.4 Å². The summed E-state index contributed by atoms with van der Waals surface area (Å²) in [4.78, 5) is 15.1. The first-order chi connectivity index (χ1) is 13.3. The Hall–Kier alpha value is -3.41. The predicted molar refractivity (Wildman–Crippen MR) is 102 cm³/mol. The predicted octanol–water partition coefficient (Wildman–Crippen LogP) is 3.50. The van der Waals surface area contributed by atoms with Crippen LogP contribution in [-0.2, 0) is 0 Å². The Bertz CT molecular complexity index is 1080. The lowest BCUT2D eigenvalue weighted by Crippen LogP contribution is -2.31. The fraction of sp³-hybridized carbons (Fsp3) is 0.190. The molecule has 1 saturated heterocycles. The summed E-state index contributed by atoms with van der Waals surface area (Å²) >= 11 is 0. The van der Waals surface area contributed by atoms with Crippen LogP contribution in [0.15, 0.2) is 73.2 Å². The van der Waals surface area contributed by atoms with Crippen LogP contribution in [0.25, 0.3) is 11.3 Å². The summed E-state index contributed by atoms with van der Waals surface area (Å²) in [5.41, 5.74) is 2.55. The molecule has 0 N–H and O–H groups in total. The lowest BCUT2D eigenvalue weighted by atomic mass is 10.1. The molecule has 1 aliphatic heterocycles. The lowest BCUT2D eigenvalue weighted by Gasteiger charge is -2.23. The molecule has 1 atom stereocenters. The molecule has 0 bridgehead atoms. The van der Waals surface area contributed by atoms with Gasteiger partial charge in [-0.3, -0.25) is 9.20 Å². The maximum atomic E-state index is 13.1. The standard InChI is InChI=1S/C21H19N5O/c27-21(16-8-10-17(11-9-16)24-12-3-4-13-24)25-15-5-6-18(25)20-23-22-19-7-1-2-14-26(19)20/h1-4,7-14,18H,5-6,15H2/t18-/m0/s1. The number of amides is 1. The summed E-state index contributed by atoms with van der Waals surface area (Å²) in [7, 11) is 0. The summed E-state index contributed by atoms with van der Waals surface area (Å²) in [5.74, 6) is 0.879. The molecule has 6 nitrogen and oxygen atoms in total. The van der Waals surface area contributed by atoms with Crippen molar-refractivity contribution in [2.45, 2.75) is 18.9 Å². The molecule has 1 aromatic carbocycles. The number of benzene rings is 1. The number of aromatic nitrogens is 4. The Kier molecular flexibility index (Phi) is 3.74. The minimum Gasteiger partial charge on any atom is -0.328 e. The topological polar surface area (TPSA) is 55.4 Å². The Labute approximate surface area is 156 Å². The molecule has 1 aliphatic rings. The molecule has 0 radical (unpaired) electrons. The Morgan fingerprint density at radius 3 is 2.52 bits per heavy atom. The lowest BCUT2D eigenvalue weighted by molar-refractivity contribution is 0.0729. The van der Waals surface area contributed by atoms with Gasteiger partial charge in [-0.25, -0.2) is 0 Å². The SMILES string of the molecule is O=C(c1ccc(-n2cccc2)cc1)N1CCC[C@H]1c1nnc2ccccn12. The van der Waals surface area contributed by atoms with Crippen molar-refractivity contribution < 1.29 is 4.79 Å². The van der Waals surface area contributed by atoms with Crippen molar-refractivity contribution >= 4 is 11.6 Å². The fourth-order valence-corrected chi connectivity index (χ4v) is 3.81.